The molecule has 1 saturated heterocycles. The van der Waals surface area contributed by atoms with E-state index in [4.69, 9.17) is 18.9 Å². The summed E-state index contributed by atoms with van der Waals surface area (Å²) in [5, 5.41) is 0. The van der Waals surface area contributed by atoms with Gasteiger partial charge in [-0.3, -0.25) is 4.79 Å². The van der Waals surface area contributed by atoms with E-state index in [1.54, 1.807) is 14.2 Å². The third-order valence-corrected chi connectivity index (χ3v) is 8.76. The van der Waals surface area contributed by atoms with Gasteiger partial charge in [0.1, 0.15) is 11.7 Å². The number of likely N-dealkylation sites (tertiary alicyclic amines) is 1. The molecule has 0 aromatic heterocycles. The van der Waals surface area contributed by atoms with Crippen LogP contribution in [0.2, 0.25) is 0 Å². The van der Waals surface area contributed by atoms with E-state index >= 15 is 0 Å². The first-order valence-corrected chi connectivity index (χ1v) is 10.4. The second-order valence-corrected chi connectivity index (χ2v) is 9.26. The molecule has 4 aliphatic carbocycles. The zero-order valence-electron chi connectivity index (χ0n) is 17.4. The van der Waals surface area contributed by atoms with Gasteiger partial charge in [-0.25, -0.2) is 0 Å². The van der Waals surface area contributed by atoms with Gasteiger partial charge >= 0.3 is 5.97 Å². The maximum atomic E-state index is 12.9. The Labute approximate surface area is 170 Å². The minimum atomic E-state index is -0.839. The molecule has 4 bridgehead atoms. The summed E-state index contributed by atoms with van der Waals surface area (Å²) in [6.07, 6.45) is 6.82. The molecule has 2 spiro atoms. The van der Waals surface area contributed by atoms with Crippen LogP contribution in [0.3, 0.4) is 0 Å². The van der Waals surface area contributed by atoms with Gasteiger partial charge in [-0.05, 0) is 44.5 Å². The van der Waals surface area contributed by atoms with Crippen LogP contribution < -0.4 is 9.47 Å². The molecule has 2 heterocycles. The van der Waals surface area contributed by atoms with E-state index in [0.717, 1.165) is 37.3 Å². The molecule has 1 aromatic rings. The molecular formula is C23H27NO5. The third-order valence-electron chi connectivity index (χ3n) is 8.76. The number of carbonyl (C=O) groups excluding carboxylic acids is 1. The monoisotopic (exact) mass is 397 g/mol. The van der Waals surface area contributed by atoms with Crippen molar-refractivity contribution in [3.05, 3.63) is 35.4 Å². The van der Waals surface area contributed by atoms with Crippen LogP contribution in [0.5, 0.6) is 11.5 Å². The van der Waals surface area contributed by atoms with E-state index in [2.05, 4.69) is 30.2 Å². The first-order chi connectivity index (χ1) is 14.0. The van der Waals surface area contributed by atoms with Gasteiger partial charge in [-0.15, -0.1) is 0 Å². The van der Waals surface area contributed by atoms with Gasteiger partial charge in [0, 0.05) is 24.1 Å². The zero-order chi connectivity index (χ0) is 20.2. The average Bonchev–Trinajstić information content (AvgIpc) is 3.12. The molecule has 6 atom stereocenters. The topological polar surface area (TPSA) is 57.2 Å². The van der Waals surface area contributed by atoms with Gasteiger partial charge in [0.05, 0.1) is 25.6 Å². The molecule has 0 radical (unpaired) electrons. The Balaban J connectivity index is 1.69. The maximum Gasteiger partial charge on any atom is 0.312 e. The Morgan fingerprint density at radius 2 is 2.07 bits per heavy atom. The molecular weight excluding hydrogens is 370 g/mol. The Morgan fingerprint density at radius 3 is 2.79 bits per heavy atom. The van der Waals surface area contributed by atoms with Crippen LogP contribution in [-0.4, -0.2) is 63.5 Å². The van der Waals surface area contributed by atoms with Crippen LogP contribution in [0, 0.1) is 11.3 Å². The summed E-state index contributed by atoms with van der Waals surface area (Å²) in [5.41, 5.74) is 1.40. The Kier molecular flexibility index (Phi) is 3.28. The number of nitrogens with zero attached hydrogens (tertiary/aromatic N) is 1. The molecule has 0 N–H and O–H groups in total. The van der Waals surface area contributed by atoms with Crippen molar-refractivity contribution in [2.75, 3.05) is 34.9 Å². The number of carbonyl (C=O) groups is 1. The summed E-state index contributed by atoms with van der Waals surface area (Å²) in [5.74, 6) is 0.998. The van der Waals surface area contributed by atoms with Crippen molar-refractivity contribution in [1.29, 1.82) is 0 Å². The Morgan fingerprint density at radius 1 is 1.24 bits per heavy atom. The summed E-state index contributed by atoms with van der Waals surface area (Å²) in [4.78, 5) is 15.4. The number of ether oxygens (including phenoxy) is 4. The fourth-order valence-electron chi connectivity index (χ4n) is 7.61. The van der Waals surface area contributed by atoms with Gasteiger partial charge in [-0.1, -0.05) is 18.2 Å². The van der Waals surface area contributed by atoms with Crippen molar-refractivity contribution in [2.45, 2.75) is 42.4 Å². The highest BCUT2D eigenvalue weighted by atomic mass is 16.6. The molecule has 6 heteroatoms. The number of rotatable bonds is 3. The van der Waals surface area contributed by atoms with Gasteiger partial charge in [0.25, 0.3) is 0 Å². The lowest BCUT2D eigenvalue weighted by atomic mass is 9.37. The number of likely N-dealkylation sites (N-methyl/N-ethyl adjacent to an activating group) is 1. The fraction of sp³-hybridized carbons (Fsp3) is 0.609. The number of methoxy groups -OCH3 is 3. The average molecular weight is 397 g/mol. The van der Waals surface area contributed by atoms with E-state index in [0.29, 0.717) is 6.04 Å². The first-order valence-electron chi connectivity index (χ1n) is 10.4. The number of esters is 1. The number of piperidine rings is 1. The predicted molar refractivity (Wildman–Crippen MR) is 105 cm³/mol. The minimum absolute atomic E-state index is 0.186. The molecule has 6 aliphatic rings. The molecule has 2 fully saturated rings. The molecule has 2 aliphatic heterocycles. The highest BCUT2D eigenvalue weighted by Gasteiger charge is 2.80. The highest BCUT2D eigenvalue weighted by Crippen LogP contribution is 2.74. The summed E-state index contributed by atoms with van der Waals surface area (Å²) in [6, 6.07) is 4.53. The molecule has 29 heavy (non-hydrogen) atoms. The van der Waals surface area contributed by atoms with Crippen LogP contribution >= 0.6 is 0 Å². The largest absolute Gasteiger partial charge is 0.493 e. The van der Waals surface area contributed by atoms with Crippen molar-refractivity contribution >= 4 is 5.97 Å². The number of hydrogen-bond donors (Lipinski definition) is 0. The minimum Gasteiger partial charge on any atom is -0.493 e. The van der Waals surface area contributed by atoms with Crippen molar-refractivity contribution in [3.63, 3.8) is 0 Å². The molecule has 6 nitrogen and oxygen atoms in total. The fourth-order valence-corrected chi connectivity index (χ4v) is 7.61. The van der Waals surface area contributed by atoms with E-state index in [1.165, 1.54) is 18.2 Å². The lowest BCUT2D eigenvalue weighted by Crippen LogP contribution is -2.79. The van der Waals surface area contributed by atoms with E-state index in [9.17, 15) is 4.79 Å². The lowest BCUT2D eigenvalue weighted by Gasteiger charge is -2.70. The second kappa shape index (κ2) is 5.35. The summed E-state index contributed by atoms with van der Waals surface area (Å²) < 4.78 is 23.9. The van der Waals surface area contributed by atoms with Crippen molar-refractivity contribution in [2.24, 2.45) is 11.3 Å². The van der Waals surface area contributed by atoms with E-state index < -0.39 is 11.5 Å². The summed E-state index contributed by atoms with van der Waals surface area (Å²) >= 11 is 0. The van der Waals surface area contributed by atoms with Crippen LogP contribution in [0.1, 0.15) is 24.0 Å². The van der Waals surface area contributed by atoms with Crippen LogP contribution in [0.25, 0.3) is 0 Å². The maximum absolute atomic E-state index is 12.9. The van der Waals surface area contributed by atoms with E-state index in [-0.39, 0.29) is 22.9 Å². The Hall–Kier alpha value is -2.05. The standard InChI is InChI=1S/C23H27NO5/c1-24-10-9-22-17-13-5-6-15(26-2)18(17)29-20(22)23(28-4)8-7-21(22,16(24)11-13)12-14(23)19(25)27-3/h5-8,14,16,20H,9-12H2,1-4H3/t14-,16-,20-,21+,22-,23-/m0/s1. The number of hydrogen-bond acceptors (Lipinski definition) is 6. The smallest absolute Gasteiger partial charge is 0.312 e. The highest BCUT2D eigenvalue weighted by molar-refractivity contribution is 5.78. The zero-order valence-corrected chi connectivity index (χ0v) is 17.4. The number of benzene rings is 1. The van der Waals surface area contributed by atoms with Gasteiger partial charge < -0.3 is 23.8 Å². The normalized spacial score (nSPS) is 43.0. The quantitative estimate of drug-likeness (QED) is 0.575. The van der Waals surface area contributed by atoms with Gasteiger partial charge in [-0.2, -0.15) is 0 Å². The third kappa shape index (κ3) is 1.65. The molecule has 7 rings (SSSR count). The molecule has 1 saturated carbocycles. The number of fused-ring (bicyclic) bond motifs is 1. The SMILES string of the molecule is COC(=O)[C@@H]1C[C@@]23C=C[C@@]1(OC)[C@H]1Oc4c(OC)ccc5c4[C@@]12CCN(C)[C@H]3C5. The Bertz CT molecular complexity index is 959. The second-order valence-electron chi connectivity index (χ2n) is 9.26. The molecule has 1 aromatic carbocycles. The van der Waals surface area contributed by atoms with Crippen molar-refractivity contribution in [3.8, 4) is 11.5 Å². The van der Waals surface area contributed by atoms with Gasteiger partial charge in [0.15, 0.2) is 11.5 Å². The molecule has 0 unspecified atom stereocenters. The van der Waals surface area contributed by atoms with Crippen LogP contribution in [0.15, 0.2) is 24.3 Å². The predicted octanol–water partition coefficient (Wildman–Crippen LogP) is 2.09. The molecule has 0 amide bonds. The summed E-state index contributed by atoms with van der Waals surface area (Å²) in [7, 11) is 7.05. The van der Waals surface area contributed by atoms with Crippen LogP contribution in [-0.2, 0) is 26.1 Å². The van der Waals surface area contributed by atoms with Gasteiger partial charge in [0.2, 0.25) is 0 Å². The van der Waals surface area contributed by atoms with Crippen molar-refractivity contribution in [1.82, 2.24) is 4.90 Å². The van der Waals surface area contributed by atoms with E-state index in [1.807, 2.05) is 6.07 Å². The van der Waals surface area contributed by atoms with Crippen molar-refractivity contribution < 1.29 is 23.7 Å². The lowest BCUT2D eigenvalue weighted by molar-refractivity contribution is -0.221. The first kappa shape index (κ1) is 17.8. The van der Waals surface area contributed by atoms with Crippen LogP contribution in [0.4, 0.5) is 0 Å². The summed E-state index contributed by atoms with van der Waals surface area (Å²) in [6.45, 7) is 0.999. The molecule has 154 valence electrons.